The number of ether oxygens (including phenoxy) is 1. The molecule has 1 unspecified atom stereocenters. The highest BCUT2D eigenvalue weighted by atomic mass is 16.5. The van der Waals surface area contributed by atoms with Crippen LogP contribution >= 0.6 is 0 Å². The van der Waals surface area contributed by atoms with Crippen molar-refractivity contribution >= 4 is 17.3 Å². The number of rotatable bonds is 1. The molecule has 0 saturated heterocycles. The second-order valence-electron chi connectivity index (χ2n) is 4.22. The van der Waals surface area contributed by atoms with Gasteiger partial charge in [-0.1, -0.05) is 6.92 Å². The van der Waals surface area contributed by atoms with E-state index >= 15 is 0 Å². The molecule has 0 bridgehead atoms. The zero-order valence-electron chi connectivity index (χ0n) is 9.91. The molecule has 17 heavy (non-hydrogen) atoms. The van der Waals surface area contributed by atoms with Crippen LogP contribution in [-0.4, -0.2) is 13.0 Å². The fourth-order valence-corrected chi connectivity index (χ4v) is 1.94. The van der Waals surface area contributed by atoms with Crippen molar-refractivity contribution in [2.75, 3.05) is 12.4 Å². The highest BCUT2D eigenvalue weighted by Crippen LogP contribution is 2.36. The fourth-order valence-electron chi connectivity index (χ4n) is 1.94. The van der Waals surface area contributed by atoms with Crippen LogP contribution in [0.1, 0.15) is 18.9 Å². The van der Waals surface area contributed by atoms with Gasteiger partial charge in [0.1, 0.15) is 5.75 Å². The van der Waals surface area contributed by atoms with Gasteiger partial charge in [-0.15, -0.1) is 0 Å². The van der Waals surface area contributed by atoms with Crippen LogP contribution in [0.4, 0.5) is 11.4 Å². The maximum absolute atomic E-state index is 11.7. The number of anilines is 1. The smallest absolute Gasteiger partial charge is 0.228 e. The van der Waals surface area contributed by atoms with Crippen LogP contribution in [0.15, 0.2) is 12.1 Å². The maximum Gasteiger partial charge on any atom is 0.228 e. The molecule has 0 fully saturated rings. The third-order valence-corrected chi connectivity index (χ3v) is 3.08. The van der Waals surface area contributed by atoms with E-state index in [9.17, 15) is 4.79 Å². The first kappa shape index (κ1) is 11.5. The largest absolute Gasteiger partial charge is 0.508 e. The lowest BCUT2D eigenvalue weighted by atomic mass is 10.0. The topological polar surface area (TPSA) is 42.7 Å². The quantitative estimate of drug-likeness (QED) is 0.754. The average molecular weight is 230 g/mol. The lowest BCUT2D eigenvalue weighted by Crippen LogP contribution is -2.18. The van der Waals surface area contributed by atoms with Crippen molar-refractivity contribution in [3.63, 3.8) is 0 Å². The van der Waals surface area contributed by atoms with E-state index in [-0.39, 0.29) is 11.8 Å². The maximum atomic E-state index is 11.7. The highest BCUT2D eigenvalue weighted by molar-refractivity contribution is 5.94. The minimum Gasteiger partial charge on any atom is -0.508 e. The second-order valence-corrected chi connectivity index (χ2v) is 4.22. The van der Waals surface area contributed by atoms with Crippen LogP contribution in [0, 0.1) is 12.5 Å². The molecular weight excluding hydrogens is 216 g/mol. The molecule has 0 aromatic heterocycles. The molecule has 1 heterocycles. The molecule has 88 valence electrons. The van der Waals surface area contributed by atoms with E-state index in [1.807, 2.05) is 6.92 Å². The predicted octanol–water partition coefficient (Wildman–Crippen LogP) is 2.77. The SMILES string of the molecule is [C-]#[N+]c1cc2c(cc1OC)NC(=O)C(C)CC2. The molecule has 4 nitrogen and oxygen atoms in total. The summed E-state index contributed by atoms with van der Waals surface area (Å²) < 4.78 is 5.14. The van der Waals surface area contributed by atoms with Crippen LogP contribution in [-0.2, 0) is 11.2 Å². The second kappa shape index (κ2) is 4.46. The number of hydrogen-bond acceptors (Lipinski definition) is 2. The summed E-state index contributed by atoms with van der Waals surface area (Å²) in [5, 5.41) is 2.88. The zero-order chi connectivity index (χ0) is 12.4. The molecule has 1 aliphatic rings. The van der Waals surface area contributed by atoms with E-state index in [4.69, 9.17) is 11.3 Å². The van der Waals surface area contributed by atoms with E-state index < -0.39 is 0 Å². The molecule has 4 heteroatoms. The summed E-state index contributed by atoms with van der Waals surface area (Å²) in [6, 6.07) is 3.54. The van der Waals surface area contributed by atoms with Crippen molar-refractivity contribution < 1.29 is 9.53 Å². The summed E-state index contributed by atoms with van der Waals surface area (Å²) >= 11 is 0. The standard InChI is InChI=1S/C13H14N2O2/c1-8-4-5-9-6-11(14-2)12(17-3)7-10(9)15-13(8)16/h6-8H,4-5H2,1,3H3,(H,15,16). The van der Waals surface area contributed by atoms with Crippen molar-refractivity contribution in [1.29, 1.82) is 0 Å². The Hall–Kier alpha value is -2.02. The highest BCUT2D eigenvalue weighted by Gasteiger charge is 2.21. The Labute approximate surface area is 100 Å². The molecule has 1 aliphatic heterocycles. The number of carbonyl (C=O) groups excluding carboxylic acids is 1. The molecule has 0 aliphatic carbocycles. The molecule has 2 rings (SSSR count). The number of carbonyl (C=O) groups is 1. The van der Waals surface area contributed by atoms with Crippen LogP contribution in [0.2, 0.25) is 0 Å². The Bertz CT molecular complexity index is 503. The number of hydrogen-bond donors (Lipinski definition) is 1. The van der Waals surface area contributed by atoms with Crippen LogP contribution in [0.3, 0.4) is 0 Å². The predicted molar refractivity (Wildman–Crippen MR) is 65.4 cm³/mol. The van der Waals surface area contributed by atoms with Gasteiger partial charge in [0.15, 0.2) is 0 Å². The summed E-state index contributed by atoms with van der Waals surface area (Å²) in [6.07, 6.45) is 1.62. The number of methoxy groups -OCH3 is 1. The molecule has 1 aromatic rings. The third kappa shape index (κ3) is 2.09. The molecule has 0 radical (unpaired) electrons. The number of benzene rings is 1. The van der Waals surface area contributed by atoms with Gasteiger partial charge in [-0.05, 0) is 30.5 Å². The van der Waals surface area contributed by atoms with Crippen molar-refractivity contribution in [2.45, 2.75) is 19.8 Å². The molecule has 1 N–H and O–H groups in total. The van der Waals surface area contributed by atoms with E-state index in [0.717, 1.165) is 24.1 Å². The molecule has 1 atom stereocenters. The zero-order valence-corrected chi connectivity index (χ0v) is 9.91. The summed E-state index contributed by atoms with van der Waals surface area (Å²) in [5.41, 5.74) is 2.27. The van der Waals surface area contributed by atoms with Gasteiger partial charge in [-0.2, -0.15) is 0 Å². The summed E-state index contributed by atoms with van der Waals surface area (Å²) in [7, 11) is 1.53. The van der Waals surface area contributed by atoms with Crippen molar-refractivity contribution in [1.82, 2.24) is 0 Å². The van der Waals surface area contributed by atoms with Gasteiger partial charge in [0, 0.05) is 11.6 Å². The van der Waals surface area contributed by atoms with Gasteiger partial charge < -0.3 is 10.1 Å². The minimum atomic E-state index is 0.00443. The Morgan fingerprint density at radius 2 is 2.29 bits per heavy atom. The van der Waals surface area contributed by atoms with Gasteiger partial charge >= 0.3 is 0 Å². The Balaban J connectivity index is 2.48. The van der Waals surface area contributed by atoms with Gasteiger partial charge in [-0.3, -0.25) is 4.79 Å². The molecule has 1 amide bonds. The van der Waals surface area contributed by atoms with Gasteiger partial charge in [0.25, 0.3) is 0 Å². The lowest BCUT2D eigenvalue weighted by molar-refractivity contribution is -0.119. The van der Waals surface area contributed by atoms with Crippen molar-refractivity contribution in [3.05, 3.63) is 29.1 Å². The average Bonchev–Trinajstić information content (AvgIpc) is 2.48. The van der Waals surface area contributed by atoms with E-state index in [2.05, 4.69) is 10.2 Å². The Morgan fingerprint density at radius 3 is 2.94 bits per heavy atom. The fraction of sp³-hybridized carbons (Fsp3) is 0.385. The minimum absolute atomic E-state index is 0.00443. The van der Waals surface area contributed by atoms with Gasteiger partial charge in [0.05, 0.1) is 13.7 Å². The Morgan fingerprint density at radius 1 is 1.53 bits per heavy atom. The van der Waals surface area contributed by atoms with Crippen LogP contribution in [0.25, 0.3) is 4.85 Å². The first-order valence-electron chi connectivity index (χ1n) is 5.55. The third-order valence-electron chi connectivity index (χ3n) is 3.08. The van der Waals surface area contributed by atoms with Crippen molar-refractivity contribution in [3.8, 4) is 5.75 Å². The number of fused-ring (bicyclic) bond motifs is 1. The summed E-state index contributed by atoms with van der Waals surface area (Å²) in [5.74, 6) is 0.541. The number of amides is 1. The van der Waals surface area contributed by atoms with E-state index in [0.29, 0.717) is 11.4 Å². The summed E-state index contributed by atoms with van der Waals surface area (Å²) in [4.78, 5) is 15.1. The number of nitrogens with zero attached hydrogens (tertiary/aromatic N) is 1. The Kier molecular flexibility index (Phi) is 3.01. The lowest BCUT2D eigenvalue weighted by Gasteiger charge is -2.11. The molecule has 1 aromatic carbocycles. The van der Waals surface area contributed by atoms with Gasteiger partial charge in [0.2, 0.25) is 11.6 Å². The van der Waals surface area contributed by atoms with E-state index in [1.165, 1.54) is 7.11 Å². The van der Waals surface area contributed by atoms with Crippen LogP contribution in [0.5, 0.6) is 5.75 Å². The first-order chi connectivity index (χ1) is 8.15. The summed E-state index contributed by atoms with van der Waals surface area (Å²) in [6.45, 7) is 9.01. The number of aryl methyl sites for hydroxylation is 1. The number of nitrogens with one attached hydrogen (secondary N) is 1. The van der Waals surface area contributed by atoms with Crippen molar-refractivity contribution in [2.24, 2.45) is 5.92 Å². The van der Waals surface area contributed by atoms with E-state index in [1.54, 1.807) is 12.1 Å². The van der Waals surface area contributed by atoms with Gasteiger partial charge in [-0.25, -0.2) is 4.85 Å². The first-order valence-corrected chi connectivity index (χ1v) is 5.55. The van der Waals surface area contributed by atoms with Crippen LogP contribution < -0.4 is 10.1 Å². The molecular formula is C13H14N2O2. The normalized spacial score (nSPS) is 18.6. The monoisotopic (exact) mass is 230 g/mol. The molecule has 0 spiro atoms. The molecule has 0 saturated carbocycles.